The summed E-state index contributed by atoms with van der Waals surface area (Å²) < 4.78 is 6.59. The molecule has 0 spiro atoms. The summed E-state index contributed by atoms with van der Waals surface area (Å²) in [6.45, 7) is 5.00. The van der Waals surface area contributed by atoms with Crippen LogP contribution in [0.15, 0.2) is 18.2 Å². The van der Waals surface area contributed by atoms with Gasteiger partial charge in [-0.25, -0.2) is 0 Å². The first-order chi connectivity index (χ1) is 8.99. The van der Waals surface area contributed by atoms with E-state index in [-0.39, 0.29) is 0 Å². The van der Waals surface area contributed by atoms with E-state index in [0.29, 0.717) is 22.4 Å². The van der Waals surface area contributed by atoms with Crippen LogP contribution in [-0.2, 0) is 0 Å². The molecular weight excluding hydrogens is 303 g/mol. The number of halogens is 2. The first-order valence-corrected chi connectivity index (χ1v) is 7.61. The van der Waals surface area contributed by atoms with E-state index in [1.54, 1.807) is 0 Å². The number of benzene rings is 1. The minimum Gasteiger partial charge on any atom is -0.494 e. The van der Waals surface area contributed by atoms with E-state index in [1.165, 1.54) is 11.3 Å². The van der Waals surface area contributed by atoms with Crippen LogP contribution in [0.25, 0.3) is 10.1 Å². The molecule has 19 heavy (non-hydrogen) atoms. The van der Waals surface area contributed by atoms with E-state index in [0.717, 1.165) is 22.3 Å². The lowest BCUT2D eigenvalue weighted by molar-refractivity contribution is 0.108. The second-order valence-corrected chi connectivity index (χ2v) is 6.48. The van der Waals surface area contributed by atoms with Crippen LogP contribution in [0.4, 0.5) is 0 Å². The molecule has 0 aliphatic rings. The average Bonchev–Trinajstić information content (AvgIpc) is 2.66. The number of rotatable bonds is 5. The molecule has 0 aliphatic carbocycles. The highest BCUT2D eigenvalue weighted by atomic mass is 35.5. The molecule has 0 saturated heterocycles. The Bertz CT molecular complexity index is 605. The van der Waals surface area contributed by atoms with E-state index in [2.05, 4.69) is 13.8 Å². The van der Waals surface area contributed by atoms with Gasteiger partial charge in [0.1, 0.15) is 10.6 Å². The molecule has 0 fully saturated rings. The van der Waals surface area contributed by atoms with Crippen molar-refractivity contribution in [1.82, 2.24) is 0 Å². The van der Waals surface area contributed by atoms with Gasteiger partial charge in [-0.15, -0.1) is 11.3 Å². The van der Waals surface area contributed by atoms with Crippen LogP contribution in [0.2, 0.25) is 5.02 Å². The van der Waals surface area contributed by atoms with E-state index < -0.39 is 5.24 Å². The van der Waals surface area contributed by atoms with Crippen LogP contribution >= 0.6 is 34.5 Å². The molecule has 2 rings (SSSR count). The largest absolute Gasteiger partial charge is 0.494 e. The number of thiophene rings is 1. The van der Waals surface area contributed by atoms with Crippen molar-refractivity contribution in [1.29, 1.82) is 0 Å². The molecule has 0 radical (unpaired) electrons. The Morgan fingerprint density at radius 2 is 2.16 bits per heavy atom. The van der Waals surface area contributed by atoms with Gasteiger partial charge in [-0.1, -0.05) is 25.4 Å². The number of ether oxygens (including phenoxy) is 1. The molecule has 0 aliphatic heterocycles. The monoisotopic (exact) mass is 316 g/mol. The molecule has 1 aromatic heterocycles. The third-order valence-corrected chi connectivity index (χ3v) is 4.70. The van der Waals surface area contributed by atoms with Crippen LogP contribution in [0, 0.1) is 5.92 Å². The van der Waals surface area contributed by atoms with Crippen molar-refractivity contribution >= 4 is 49.9 Å². The van der Waals surface area contributed by atoms with Gasteiger partial charge in [-0.2, -0.15) is 0 Å². The van der Waals surface area contributed by atoms with Crippen LogP contribution in [0.5, 0.6) is 5.75 Å². The van der Waals surface area contributed by atoms with Gasteiger partial charge in [0.25, 0.3) is 5.24 Å². The van der Waals surface area contributed by atoms with E-state index in [9.17, 15) is 4.79 Å². The highest BCUT2D eigenvalue weighted by molar-refractivity contribution is 7.23. The van der Waals surface area contributed by atoms with Crippen LogP contribution in [0.3, 0.4) is 0 Å². The average molecular weight is 317 g/mol. The Balaban J connectivity index is 2.23. The topological polar surface area (TPSA) is 26.3 Å². The standard InChI is InChI=1S/C14H14Cl2O2S/c1-8(2)5-6-18-9-3-4-10-11(7-9)19-13(12(10)15)14(16)17/h3-4,7-8H,5-6H2,1-2H3. The first-order valence-electron chi connectivity index (χ1n) is 6.03. The summed E-state index contributed by atoms with van der Waals surface area (Å²) in [5, 5.41) is 0.745. The van der Waals surface area contributed by atoms with Crippen molar-refractivity contribution < 1.29 is 9.53 Å². The highest BCUT2D eigenvalue weighted by Crippen LogP contribution is 2.38. The normalized spacial score (nSPS) is 11.2. The SMILES string of the molecule is CC(C)CCOc1ccc2c(Cl)c(C(=O)Cl)sc2c1. The molecule has 0 bridgehead atoms. The van der Waals surface area contributed by atoms with E-state index in [4.69, 9.17) is 27.9 Å². The van der Waals surface area contributed by atoms with Gasteiger partial charge in [0.15, 0.2) is 0 Å². The zero-order valence-electron chi connectivity index (χ0n) is 10.7. The zero-order valence-corrected chi connectivity index (χ0v) is 13.0. The lowest BCUT2D eigenvalue weighted by atomic mass is 10.1. The van der Waals surface area contributed by atoms with Crippen molar-refractivity contribution in [2.75, 3.05) is 6.61 Å². The summed E-state index contributed by atoms with van der Waals surface area (Å²) in [5.74, 6) is 1.40. The third kappa shape index (κ3) is 3.41. The summed E-state index contributed by atoms with van der Waals surface area (Å²) in [6, 6.07) is 5.63. The van der Waals surface area contributed by atoms with Crippen LogP contribution in [0.1, 0.15) is 29.9 Å². The second-order valence-electron chi connectivity index (χ2n) is 4.71. The molecule has 1 aromatic carbocycles. The predicted octanol–water partition coefficient (Wildman–Crippen LogP) is 5.36. The molecule has 0 amide bonds. The molecule has 2 aromatic rings. The molecule has 0 atom stereocenters. The predicted molar refractivity (Wildman–Crippen MR) is 82.0 cm³/mol. The number of carbonyl (C=O) groups is 1. The summed E-state index contributed by atoms with van der Waals surface area (Å²) in [7, 11) is 0. The fourth-order valence-electron chi connectivity index (χ4n) is 1.67. The van der Waals surface area contributed by atoms with E-state index >= 15 is 0 Å². The third-order valence-electron chi connectivity index (χ3n) is 2.74. The maximum absolute atomic E-state index is 11.2. The van der Waals surface area contributed by atoms with Gasteiger partial charge >= 0.3 is 0 Å². The number of fused-ring (bicyclic) bond motifs is 1. The van der Waals surface area contributed by atoms with Gasteiger partial charge in [-0.3, -0.25) is 4.79 Å². The smallest absolute Gasteiger partial charge is 0.263 e. The summed E-state index contributed by atoms with van der Waals surface area (Å²) in [4.78, 5) is 11.6. The van der Waals surface area contributed by atoms with E-state index in [1.807, 2.05) is 18.2 Å². The van der Waals surface area contributed by atoms with Gasteiger partial charge in [-0.05, 0) is 42.1 Å². The highest BCUT2D eigenvalue weighted by Gasteiger charge is 2.15. The number of hydrogen-bond acceptors (Lipinski definition) is 3. The molecule has 102 valence electrons. The zero-order chi connectivity index (χ0) is 14.0. The maximum Gasteiger partial charge on any atom is 0.263 e. The van der Waals surface area contributed by atoms with Crippen molar-refractivity contribution in [3.05, 3.63) is 28.1 Å². The maximum atomic E-state index is 11.2. The summed E-state index contributed by atoms with van der Waals surface area (Å²) >= 11 is 12.9. The van der Waals surface area contributed by atoms with Gasteiger partial charge in [0, 0.05) is 10.1 Å². The number of carbonyl (C=O) groups excluding carboxylic acids is 1. The molecule has 0 N–H and O–H groups in total. The molecule has 2 nitrogen and oxygen atoms in total. The molecule has 1 heterocycles. The van der Waals surface area contributed by atoms with Crippen molar-refractivity contribution in [2.45, 2.75) is 20.3 Å². The Morgan fingerprint density at radius 1 is 1.42 bits per heavy atom. The lowest BCUT2D eigenvalue weighted by Gasteiger charge is -2.07. The molecule has 0 saturated carbocycles. The Hall–Kier alpha value is -0.770. The van der Waals surface area contributed by atoms with Gasteiger partial charge in [0.05, 0.1) is 11.6 Å². The van der Waals surface area contributed by atoms with Crippen LogP contribution in [-0.4, -0.2) is 11.8 Å². The van der Waals surface area contributed by atoms with Crippen molar-refractivity contribution in [3.63, 3.8) is 0 Å². The Kier molecular flexibility index (Phi) is 4.71. The fraction of sp³-hybridized carbons (Fsp3) is 0.357. The van der Waals surface area contributed by atoms with Crippen molar-refractivity contribution in [2.24, 2.45) is 5.92 Å². The first kappa shape index (κ1) is 14.6. The number of hydrogen-bond donors (Lipinski definition) is 0. The Labute approximate surface area is 126 Å². The molecular formula is C14H14Cl2O2S. The van der Waals surface area contributed by atoms with Gasteiger partial charge < -0.3 is 4.74 Å². The van der Waals surface area contributed by atoms with Gasteiger partial charge in [0.2, 0.25) is 0 Å². The fourth-order valence-corrected chi connectivity index (χ4v) is 3.31. The summed E-state index contributed by atoms with van der Waals surface area (Å²) in [6.07, 6.45) is 1.01. The second kappa shape index (κ2) is 6.12. The van der Waals surface area contributed by atoms with Crippen LogP contribution < -0.4 is 4.74 Å². The molecule has 5 heteroatoms. The lowest BCUT2D eigenvalue weighted by Crippen LogP contribution is -2.00. The molecule has 0 unspecified atom stereocenters. The summed E-state index contributed by atoms with van der Waals surface area (Å²) in [5.41, 5.74) is 0. The van der Waals surface area contributed by atoms with Crippen molar-refractivity contribution in [3.8, 4) is 5.75 Å². The minimum atomic E-state index is -0.520. The quantitative estimate of drug-likeness (QED) is 0.694. The Morgan fingerprint density at radius 3 is 2.79 bits per heavy atom. The minimum absolute atomic E-state index is 0.387.